The maximum absolute atomic E-state index is 13.3. The molecule has 1 atom stereocenters. The van der Waals surface area contributed by atoms with Gasteiger partial charge >= 0.3 is 6.03 Å². The molecule has 1 aromatic carbocycles. The van der Waals surface area contributed by atoms with Crippen molar-refractivity contribution in [3.63, 3.8) is 0 Å². The van der Waals surface area contributed by atoms with E-state index in [1.165, 1.54) is 9.80 Å². The summed E-state index contributed by atoms with van der Waals surface area (Å²) >= 11 is 0. The van der Waals surface area contributed by atoms with E-state index < -0.39 is 6.04 Å². The standard InChI is InChI=1S/C24H25N5O3/c1-3-11-29-19-14-28(15-20(30)26-13-18-9-4-5-10-25-18)23(31)21(19)22(27-24(29)32)17-8-6-7-16(2)12-17/h3-10,12,22H,1,11,13-15H2,2H3,(H,26,30)(H,27,32)/t22-/m0/s1. The Morgan fingerprint density at radius 1 is 1.28 bits per heavy atom. The van der Waals surface area contributed by atoms with Gasteiger partial charge in [-0.3, -0.25) is 19.5 Å². The number of pyridine rings is 1. The SMILES string of the molecule is C=CCN1C(=O)N[C@@H](c2cccc(C)c2)C2=C1CN(CC(=O)NCc1ccccn1)C2=O. The van der Waals surface area contributed by atoms with Crippen molar-refractivity contribution in [3.05, 3.63) is 89.4 Å². The fourth-order valence-electron chi connectivity index (χ4n) is 4.02. The van der Waals surface area contributed by atoms with Gasteiger partial charge in [-0.2, -0.15) is 0 Å². The second-order valence-electron chi connectivity index (χ2n) is 7.82. The van der Waals surface area contributed by atoms with Gasteiger partial charge in [0.2, 0.25) is 5.91 Å². The highest BCUT2D eigenvalue weighted by atomic mass is 16.2. The summed E-state index contributed by atoms with van der Waals surface area (Å²) in [7, 11) is 0. The van der Waals surface area contributed by atoms with Gasteiger partial charge < -0.3 is 15.5 Å². The Morgan fingerprint density at radius 3 is 2.84 bits per heavy atom. The lowest BCUT2D eigenvalue weighted by Crippen LogP contribution is -2.47. The van der Waals surface area contributed by atoms with Crippen LogP contribution in [0.25, 0.3) is 0 Å². The Morgan fingerprint density at radius 2 is 2.12 bits per heavy atom. The van der Waals surface area contributed by atoms with Gasteiger partial charge in [0, 0.05) is 12.7 Å². The zero-order chi connectivity index (χ0) is 22.7. The van der Waals surface area contributed by atoms with Crippen molar-refractivity contribution in [2.75, 3.05) is 19.6 Å². The smallest absolute Gasteiger partial charge is 0.322 e. The van der Waals surface area contributed by atoms with E-state index in [9.17, 15) is 14.4 Å². The highest BCUT2D eigenvalue weighted by molar-refractivity contribution is 6.03. The van der Waals surface area contributed by atoms with E-state index >= 15 is 0 Å². The molecule has 0 saturated carbocycles. The van der Waals surface area contributed by atoms with Crippen LogP contribution in [-0.2, 0) is 16.1 Å². The number of aryl methyl sites for hydroxylation is 1. The minimum Gasteiger partial charge on any atom is -0.349 e. The van der Waals surface area contributed by atoms with Crippen LogP contribution in [0, 0.1) is 6.92 Å². The maximum Gasteiger partial charge on any atom is 0.322 e. The minimum absolute atomic E-state index is 0.102. The number of urea groups is 1. The Labute approximate surface area is 186 Å². The van der Waals surface area contributed by atoms with Crippen molar-refractivity contribution in [1.29, 1.82) is 0 Å². The third kappa shape index (κ3) is 4.25. The molecule has 4 amide bonds. The summed E-state index contributed by atoms with van der Waals surface area (Å²) in [5.74, 6) is -0.543. The molecule has 2 aliphatic heterocycles. The van der Waals surface area contributed by atoms with Gasteiger partial charge in [0.05, 0.1) is 36.1 Å². The van der Waals surface area contributed by atoms with Gasteiger partial charge in [-0.25, -0.2) is 4.79 Å². The fourth-order valence-corrected chi connectivity index (χ4v) is 4.02. The van der Waals surface area contributed by atoms with Crippen LogP contribution in [-0.4, -0.2) is 52.3 Å². The fraction of sp³-hybridized carbons (Fsp3) is 0.250. The number of amides is 4. The second-order valence-corrected chi connectivity index (χ2v) is 7.82. The molecular formula is C24H25N5O3. The number of hydrogen-bond acceptors (Lipinski definition) is 4. The molecule has 32 heavy (non-hydrogen) atoms. The Kier molecular flexibility index (Phi) is 6.02. The van der Waals surface area contributed by atoms with Gasteiger partial charge in [0.25, 0.3) is 5.91 Å². The van der Waals surface area contributed by atoms with Crippen LogP contribution < -0.4 is 10.6 Å². The first-order valence-electron chi connectivity index (χ1n) is 10.4. The lowest BCUT2D eigenvalue weighted by atomic mass is 9.94. The van der Waals surface area contributed by atoms with Gasteiger partial charge in [0.15, 0.2) is 0 Å². The average molecular weight is 431 g/mol. The molecule has 8 heteroatoms. The summed E-state index contributed by atoms with van der Waals surface area (Å²) < 4.78 is 0. The zero-order valence-corrected chi connectivity index (χ0v) is 17.9. The number of aromatic nitrogens is 1. The molecule has 1 aromatic heterocycles. The molecule has 2 N–H and O–H groups in total. The van der Waals surface area contributed by atoms with Crippen LogP contribution in [0.1, 0.15) is 22.9 Å². The highest BCUT2D eigenvalue weighted by Gasteiger charge is 2.44. The van der Waals surface area contributed by atoms with Crippen molar-refractivity contribution in [1.82, 2.24) is 25.4 Å². The molecule has 0 spiro atoms. The summed E-state index contributed by atoms with van der Waals surface area (Å²) in [5.41, 5.74) is 3.71. The number of hydrogen-bond donors (Lipinski definition) is 2. The summed E-state index contributed by atoms with van der Waals surface area (Å²) in [4.78, 5) is 45.8. The van der Waals surface area contributed by atoms with E-state index in [4.69, 9.17) is 0 Å². The predicted molar refractivity (Wildman–Crippen MR) is 119 cm³/mol. The van der Waals surface area contributed by atoms with Gasteiger partial charge in [-0.05, 0) is 24.6 Å². The van der Waals surface area contributed by atoms with Crippen molar-refractivity contribution < 1.29 is 14.4 Å². The van der Waals surface area contributed by atoms with Crippen molar-refractivity contribution in [3.8, 4) is 0 Å². The minimum atomic E-state index is -0.562. The molecule has 164 valence electrons. The predicted octanol–water partition coefficient (Wildman–Crippen LogP) is 2.06. The largest absolute Gasteiger partial charge is 0.349 e. The third-order valence-electron chi connectivity index (χ3n) is 5.51. The number of rotatable bonds is 7. The van der Waals surface area contributed by atoms with Crippen LogP contribution in [0.3, 0.4) is 0 Å². The van der Waals surface area contributed by atoms with Gasteiger partial charge in [0.1, 0.15) is 6.54 Å². The van der Waals surface area contributed by atoms with Crippen LogP contribution in [0.5, 0.6) is 0 Å². The van der Waals surface area contributed by atoms with Crippen LogP contribution in [0.4, 0.5) is 4.79 Å². The summed E-state index contributed by atoms with van der Waals surface area (Å²) in [6.45, 7) is 6.32. The molecule has 0 aliphatic carbocycles. The molecule has 8 nitrogen and oxygen atoms in total. The molecule has 0 fully saturated rings. The topological polar surface area (TPSA) is 94.6 Å². The summed E-state index contributed by atoms with van der Waals surface area (Å²) in [6.07, 6.45) is 3.27. The zero-order valence-electron chi connectivity index (χ0n) is 17.9. The number of carbonyl (C=O) groups is 3. The molecule has 0 bridgehead atoms. The van der Waals surface area contributed by atoms with E-state index in [0.29, 0.717) is 11.3 Å². The van der Waals surface area contributed by atoms with E-state index in [-0.39, 0.29) is 44.0 Å². The molecule has 4 rings (SSSR count). The molecule has 0 unspecified atom stereocenters. The van der Waals surface area contributed by atoms with Crippen LogP contribution in [0.15, 0.2) is 72.6 Å². The Bertz CT molecular complexity index is 1100. The van der Waals surface area contributed by atoms with Crippen molar-refractivity contribution >= 4 is 17.8 Å². The third-order valence-corrected chi connectivity index (χ3v) is 5.51. The van der Waals surface area contributed by atoms with Crippen LogP contribution >= 0.6 is 0 Å². The quantitative estimate of drug-likeness (QED) is 0.656. The molecule has 0 radical (unpaired) electrons. The average Bonchev–Trinajstić information content (AvgIpc) is 3.10. The number of carbonyl (C=O) groups excluding carboxylic acids is 3. The van der Waals surface area contributed by atoms with E-state index in [1.807, 2.05) is 43.3 Å². The van der Waals surface area contributed by atoms with E-state index in [2.05, 4.69) is 22.2 Å². The molecular weight excluding hydrogens is 406 g/mol. The summed E-state index contributed by atoms with van der Waals surface area (Å²) in [6, 6.07) is 12.3. The highest BCUT2D eigenvalue weighted by Crippen LogP contribution is 2.36. The lowest BCUT2D eigenvalue weighted by molar-refractivity contribution is -0.132. The number of nitrogens with zero attached hydrogens (tertiary/aromatic N) is 3. The lowest BCUT2D eigenvalue weighted by Gasteiger charge is -2.33. The normalized spacial score (nSPS) is 17.8. The maximum atomic E-state index is 13.3. The Balaban J connectivity index is 1.54. The van der Waals surface area contributed by atoms with Crippen molar-refractivity contribution in [2.24, 2.45) is 0 Å². The molecule has 0 saturated heterocycles. The first-order chi connectivity index (χ1) is 15.5. The van der Waals surface area contributed by atoms with E-state index in [0.717, 1.165) is 16.8 Å². The number of benzene rings is 1. The molecule has 2 aliphatic rings. The first kappa shape index (κ1) is 21.3. The van der Waals surface area contributed by atoms with E-state index in [1.54, 1.807) is 18.3 Å². The molecule has 2 aromatic rings. The monoisotopic (exact) mass is 431 g/mol. The van der Waals surface area contributed by atoms with Crippen molar-refractivity contribution in [2.45, 2.75) is 19.5 Å². The Hall–Kier alpha value is -3.94. The number of nitrogens with one attached hydrogen (secondary N) is 2. The molecule has 3 heterocycles. The van der Waals surface area contributed by atoms with Gasteiger partial charge in [-0.15, -0.1) is 6.58 Å². The summed E-state index contributed by atoms with van der Waals surface area (Å²) in [5, 5.41) is 5.74. The van der Waals surface area contributed by atoms with Gasteiger partial charge in [-0.1, -0.05) is 42.0 Å². The van der Waals surface area contributed by atoms with Crippen LogP contribution in [0.2, 0.25) is 0 Å². The second kappa shape index (κ2) is 9.05. The first-order valence-corrected chi connectivity index (χ1v) is 10.4.